The Bertz CT molecular complexity index is 1850. The van der Waals surface area contributed by atoms with Crippen molar-refractivity contribution in [3.63, 3.8) is 0 Å². The van der Waals surface area contributed by atoms with Gasteiger partial charge in [-0.15, -0.1) is 0 Å². The maximum Gasteiger partial charge on any atom is 0.249 e. The second kappa shape index (κ2) is 11.7. The number of aromatic nitrogens is 2. The van der Waals surface area contributed by atoms with Crippen molar-refractivity contribution in [3.8, 4) is 5.69 Å². The molecule has 1 saturated carbocycles. The van der Waals surface area contributed by atoms with E-state index in [1.165, 1.54) is 34.1 Å². The summed E-state index contributed by atoms with van der Waals surface area (Å²) in [5, 5.41) is 4.59. The Hall–Kier alpha value is -4.15. The molecule has 0 aliphatic heterocycles. The molecule has 6 rings (SSSR count). The highest BCUT2D eigenvalue weighted by molar-refractivity contribution is 7.88. The predicted molar refractivity (Wildman–Crippen MR) is 165 cm³/mol. The van der Waals surface area contributed by atoms with E-state index in [9.17, 15) is 22.0 Å². The molecule has 1 fully saturated rings. The van der Waals surface area contributed by atoms with E-state index in [0.717, 1.165) is 29.8 Å². The summed E-state index contributed by atoms with van der Waals surface area (Å²) in [7, 11) is -3.93. The zero-order valence-corrected chi connectivity index (χ0v) is 25.2. The van der Waals surface area contributed by atoms with E-state index in [0.29, 0.717) is 17.5 Å². The van der Waals surface area contributed by atoms with Crippen LogP contribution in [-0.2, 0) is 28.6 Å². The molecule has 1 amide bonds. The molecule has 0 saturated heterocycles. The molecule has 0 radical (unpaired) electrons. The van der Waals surface area contributed by atoms with Crippen LogP contribution in [0.3, 0.4) is 0 Å². The summed E-state index contributed by atoms with van der Waals surface area (Å²) in [6.45, 7) is 2.53. The van der Waals surface area contributed by atoms with Crippen molar-refractivity contribution in [1.82, 2.24) is 14.1 Å². The zero-order valence-electron chi connectivity index (χ0n) is 24.4. The first-order valence-electron chi connectivity index (χ1n) is 14.7. The number of hydrogen-bond acceptors (Lipinski definition) is 4. The fraction of sp³-hybridized carbons (Fsp3) is 0.294. The number of nitrogens with zero attached hydrogens (tertiary/aromatic N) is 3. The Morgan fingerprint density at radius 3 is 2.48 bits per heavy atom. The second-order valence-electron chi connectivity index (χ2n) is 11.9. The summed E-state index contributed by atoms with van der Waals surface area (Å²) in [6.07, 6.45) is 6.48. The van der Waals surface area contributed by atoms with E-state index < -0.39 is 15.9 Å². The van der Waals surface area contributed by atoms with Crippen LogP contribution in [0.15, 0.2) is 84.6 Å². The van der Waals surface area contributed by atoms with Crippen LogP contribution < -0.4 is 5.73 Å². The highest BCUT2D eigenvalue weighted by atomic mass is 32.2. The van der Waals surface area contributed by atoms with Crippen LogP contribution in [0.4, 0.5) is 8.78 Å². The number of allylic oxidation sites excluding steroid dienone is 1. The van der Waals surface area contributed by atoms with Gasteiger partial charge in [-0.2, -0.15) is 5.10 Å². The number of rotatable bonds is 10. The fourth-order valence-corrected chi connectivity index (χ4v) is 8.33. The molecule has 2 aliphatic rings. The molecule has 7 nitrogen and oxygen atoms in total. The monoisotopic (exact) mass is 616 g/mol. The normalized spacial score (nSPS) is 19.5. The third-order valence-electron chi connectivity index (χ3n) is 9.25. The highest BCUT2D eigenvalue weighted by Crippen LogP contribution is 2.53. The summed E-state index contributed by atoms with van der Waals surface area (Å²) in [4.78, 5) is 12.1. The first kappa shape index (κ1) is 29.9. The summed E-state index contributed by atoms with van der Waals surface area (Å²) < 4.78 is 59.5. The van der Waals surface area contributed by atoms with Crippen LogP contribution in [0.1, 0.15) is 52.5 Å². The van der Waals surface area contributed by atoms with Gasteiger partial charge in [-0.1, -0.05) is 48.9 Å². The molecule has 2 atom stereocenters. The second-order valence-corrected chi connectivity index (χ2v) is 13.9. The molecular weight excluding hydrogens is 582 g/mol. The van der Waals surface area contributed by atoms with Crippen molar-refractivity contribution in [2.45, 2.75) is 38.4 Å². The molecule has 2 aliphatic carbocycles. The van der Waals surface area contributed by atoms with Gasteiger partial charge in [0.15, 0.2) is 0 Å². The fourth-order valence-electron chi connectivity index (χ4n) is 6.72. The van der Waals surface area contributed by atoms with Gasteiger partial charge < -0.3 is 5.73 Å². The number of benzene rings is 3. The highest BCUT2D eigenvalue weighted by Gasteiger charge is 2.47. The first-order chi connectivity index (χ1) is 21.0. The van der Waals surface area contributed by atoms with E-state index in [1.54, 1.807) is 48.5 Å². The van der Waals surface area contributed by atoms with E-state index in [4.69, 9.17) is 5.73 Å². The van der Waals surface area contributed by atoms with Gasteiger partial charge in [0, 0.05) is 18.7 Å². The number of sulfonamides is 1. The van der Waals surface area contributed by atoms with Gasteiger partial charge >= 0.3 is 0 Å². The van der Waals surface area contributed by atoms with Crippen molar-refractivity contribution in [2.24, 2.45) is 17.1 Å². The number of amides is 1. The summed E-state index contributed by atoms with van der Waals surface area (Å²) in [5.74, 6) is -1.76. The van der Waals surface area contributed by atoms with Crippen LogP contribution in [0.5, 0.6) is 0 Å². The average molecular weight is 617 g/mol. The number of fused-ring (bicyclic) bond motifs is 2. The third-order valence-corrected chi connectivity index (χ3v) is 11.0. The van der Waals surface area contributed by atoms with Gasteiger partial charge in [0.1, 0.15) is 11.6 Å². The molecule has 44 heavy (non-hydrogen) atoms. The van der Waals surface area contributed by atoms with Crippen molar-refractivity contribution in [3.05, 3.63) is 124 Å². The van der Waals surface area contributed by atoms with Gasteiger partial charge in [0.25, 0.3) is 0 Å². The Morgan fingerprint density at radius 1 is 1.05 bits per heavy atom. The van der Waals surface area contributed by atoms with Gasteiger partial charge in [-0.25, -0.2) is 26.2 Å². The van der Waals surface area contributed by atoms with Crippen molar-refractivity contribution in [2.75, 3.05) is 13.1 Å². The summed E-state index contributed by atoms with van der Waals surface area (Å²) in [5.41, 5.74) is 10.2. The van der Waals surface area contributed by atoms with Gasteiger partial charge in [-0.3, -0.25) is 4.79 Å². The number of carbonyl (C=O) groups is 1. The maximum atomic E-state index is 14.5. The van der Waals surface area contributed by atoms with E-state index in [1.807, 2.05) is 10.9 Å². The molecule has 228 valence electrons. The molecule has 3 aromatic carbocycles. The average Bonchev–Trinajstić information content (AvgIpc) is 3.54. The SMILES string of the molecule is C[C@]12Cc3cnn(-c4ccc(F)cc4)c3C=C1CC[C@@H]2CN(CCc1ccccc1F)S(=O)(=O)Cc1ccccc1C(N)=O. The van der Waals surface area contributed by atoms with Crippen LogP contribution in [0, 0.1) is 23.0 Å². The van der Waals surface area contributed by atoms with Crippen molar-refractivity contribution >= 4 is 22.0 Å². The molecule has 1 heterocycles. The van der Waals surface area contributed by atoms with E-state index >= 15 is 0 Å². The smallest absolute Gasteiger partial charge is 0.249 e. The summed E-state index contributed by atoms with van der Waals surface area (Å²) in [6, 6.07) is 19.1. The largest absolute Gasteiger partial charge is 0.366 e. The standard InChI is InChI=1S/C34H34F2N4O3S/c1-34-19-25-20-38-40(29-14-12-28(35)13-15-29)32(25)18-26(34)10-11-27(34)21-39(17-16-23-6-3-5-9-31(23)36)44(42,43)22-24-7-2-4-8-30(24)33(37)41/h2-9,12-15,18,20,27H,10-11,16-17,19,21-22H2,1H3,(H2,37,41)/t27-,34+/m1/s1. The third kappa shape index (κ3) is 5.71. The van der Waals surface area contributed by atoms with Crippen LogP contribution in [-0.4, -0.2) is 41.5 Å². The lowest BCUT2D eigenvalue weighted by Crippen LogP contribution is -2.42. The molecular formula is C34H34F2N4O3S. The Morgan fingerprint density at radius 2 is 1.75 bits per heavy atom. The summed E-state index contributed by atoms with van der Waals surface area (Å²) >= 11 is 0. The van der Waals surface area contributed by atoms with Crippen molar-refractivity contribution in [1.29, 1.82) is 0 Å². The lowest BCUT2D eigenvalue weighted by atomic mass is 9.70. The lowest BCUT2D eigenvalue weighted by Gasteiger charge is -2.38. The number of nitrogens with two attached hydrogens (primary N) is 1. The van der Waals surface area contributed by atoms with Gasteiger partial charge in [-0.05, 0) is 96.2 Å². The zero-order chi connectivity index (χ0) is 31.1. The van der Waals surface area contributed by atoms with Crippen molar-refractivity contribution < 1.29 is 22.0 Å². The quantitative estimate of drug-likeness (QED) is 0.248. The molecule has 2 N–H and O–H groups in total. The number of primary amides is 1. The molecule has 10 heteroatoms. The minimum absolute atomic E-state index is 0.00199. The molecule has 0 spiro atoms. The number of hydrogen-bond donors (Lipinski definition) is 1. The molecule has 0 bridgehead atoms. The Labute approximate surface area is 256 Å². The van der Waals surface area contributed by atoms with Gasteiger partial charge in [0.2, 0.25) is 15.9 Å². The maximum absolute atomic E-state index is 14.5. The Kier molecular flexibility index (Phi) is 7.98. The minimum Gasteiger partial charge on any atom is -0.366 e. The number of carbonyl (C=O) groups excluding carboxylic acids is 1. The first-order valence-corrected chi connectivity index (χ1v) is 16.3. The topological polar surface area (TPSA) is 98.3 Å². The number of halogens is 2. The van der Waals surface area contributed by atoms with Crippen LogP contribution in [0.25, 0.3) is 11.8 Å². The Balaban J connectivity index is 1.29. The predicted octanol–water partition coefficient (Wildman–Crippen LogP) is 5.68. The lowest BCUT2D eigenvalue weighted by molar-refractivity contribution is 0.0999. The van der Waals surface area contributed by atoms with Crippen LogP contribution >= 0.6 is 0 Å². The minimum atomic E-state index is -3.93. The molecule has 4 aromatic rings. The van der Waals surface area contributed by atoms with E-state index in [2.05, 4.69) is 18.1 Å². The van der Waals surface area contributed by atoms with Gasteiger partial charge in [0.05, 0.1) is 23.3 Å². The van der Waals surface area contributed by atoms with Crippen LogP contribution in [0.2, 0.25) is 0 Å². The molecule has 1 aromatic heterocycles. The van der Waals surface area contributed by atoms with E-state index in [-0.39, 0.29) is 53.8 Å². The molecule has 0 unspecified atom stereocenters.